The predicted molar refractivity (Wildman–Crippen MR) is 66.7 cm³/mol. The van der Waals surface area contributed by atoms with Crippen molar-refractivity contribution in [2.24, 2.45) is 11.3 Å². The smallest absolute Gasteiger partial charge is 0.240 e. The lowest BCUT2D eigenvalue weighted by atomic mass is 9.63. The van der Waals surface area contributed by atoms with Gasteiger partial charge in [0, 0.05) is 26.2 Å². The zero-order chi connectivity index (χ0) is 13.0. The van der Waals surface area contributed by atoms with Crippen molar-refractivity contribution in [2.45, 2.75) is 19.8 Å². The normalized spacial score (nSPS) is 32.3. The number of amides is 1. The van der Waals surface area contributed by atoms with Crippen LogP contribution in [0.3, 0.4) is 0 Å². The molecule has 2 rings (SSSR count). The first-order valence-corrected chi connectivity index (χ1v) is 6.66. The van der Waals surface area contributed by atoms with Crippen LogP contribution in [0.25, 0.3) is 0 Å². The van der Waals surface area contributed by atoms with Gasteiger partial charge >= 0.3 is 0 Å². The molecule has 1 aliphatic carbocycles. The van der Waals surface area contributed by atoms with Gasteiger partial charge in [0.15, 0.2) is 0 Å². The van der Waals surface area contributed by atoms with E-state index in [0.29, 0.717) is 25.3 Å². The van der Waals surface area contributed by atoms with Crippen molar-refractivity contribution in [3.05, 3.63) is 0 Å². The monoisotopic (exact) mass is 251 g/mol. The Labute approximate surface area is 108 Å². The van der Waals surface area contributed by atoms with Crippen LogP contribution in [0.4, 0.5) is 0 Å². The molecule has 2 aliphatic rings. The minimum atomic E-state index is -0.746. The summed E-state index contributed by atoms with van der Waals surface area (Å²) in [5.41, 5.74) is -0.746. The third-order valence-electron chi connectivity index (χ3n) is 3.86. The summed E-state index contributed by atoms with van der Waals surface area (Å²) in [6.07, 6.45) is 1.40. The van der Waals surface area contributed by atoms with Crippen LogP contribution in [-0.4, -0.2) is 50.2 Å². The maximum absolute atomic E-state index is 12.0. The second-order valence-corrected chi connectivity index (χ2v) is 5.42. The van der Waals surface area contributed by atoms with Crippen LogP contribution < -0.4 is 5.32 Å². The van der Waals surface area contributed by atoms with E-state index in [1.165, 1.54) is 0 Å². The highest BCUT2D eigenvalue weighted by molar-refractivity contribution is 5.86. The number of hydrogen-bond donors (Lipinski definition) is 1. The summed E-state index contributed by atoms with van der Waals surface area (Å²) in [6, 6.07) is 2.19. The summed E-state index contributed by atoms with van der Waals surface area (Å²) in [7, 11) is 0. The molecule has 5 heteroatoms. The molecule has 0 bridgehead atoms. The van der Waals surface area contributed by atoms with Crippen molar-refractivity contribution in [1.82, 2.24) is 10.2 Å². The molecule has 1 aliphatic heterocycles. The molecule has 1 heterocycles. The lowest BCUT2D eigenvalue weighted by Gasteiger charge is -2.39. The average Bonchev–Trinajstić information content (AvgIpc) is 2.36. The molecule has 2 fully saturated rings. The third kappa shape index (κ3) is 2.82. The van der Waals surface area contributed by atoms with E-state index in [1.807, 2.05) is 0 Å². The lowest BCUT2D eigenvalue weighted by molar-refractivity contribution is -0.134. The molecule has 0 radical (unpaired) electrons. The summed E-state index contributed by atoms with van der Waals surface area (Å²) in [6.45, 7) is 6.94. The highest BCUT2D eigenvalue weighted by atomic mass is 16.5. The Kier molecular flexibility index (Phi) is 4.20. The second-order valence-electron chi connectivity index (χ2n) is 5.42. The van der Waals surface area contributed by atoms with Crippen molar-refractivity contribution in [3.63, 3.8) is 0 Å². The Morgan fingerprint density at radius 2 is 2.17 bits per heavy atom. The second kappa shape index (κ2) is 5.68. The fourth-order valence-electron chi connectivity index (χ4n) is 2.78. The first-order chi connectivity index (χ1) is 8.66. The maximum Gasteiger partial charge on any atom is 0.240 e. The highest BCUT2D eigenvalue weighted by Gasteiger charge is 2.48. The molecule has 100 valence electrons. The van der Waals surface area contributed by atoms with Crippen LogP contribution in [0.2, 0.25) is 0 Å². The topological polar surface area (TPSA) is 65.4 Å². The van der Waals surface area contributed by atoms with Gasteiger partial charge in [0.2, 0.25) is 5.91 Å². The first kappa shape index (κ1) is 13.3. The van der Waals surface area contributed by atoms with Gasteiger partial charge in [-0.2, -0.15) is 5.26 Å². The quantitative estimate of drug-likeness (QED) is 0.784. The molecule has 5 nitrogen and oxygen atoms in total. The number of morpholine rings is 1. The van der Waals surface area contributed by atoms with E-state index in [-0.39, 0.29) is 5.91 Å². The van der Waals surface area contributed by atoms with E-state index in [0.717, 1.165) is 32.8 Å². The number of nitrogens with one attached hydrogen (secondary N) is 1. The van der Waals surface area contributed by atoms with Crippen LogP contribution >= 0.6 is 0 Å². The molecule has 1 N–H and O–H groups in total. The summed E-state index contributed by atoms with van der Waals surface area (Å²) < 4.78 is 5.27. The van der Waals surface area contributed by atoms with Gasteiger partial charge in [-0.05, 0) is 18.8 Å². The Bertz CT molecular complexity index is 339. The number of carbonyl (C=O) groups excluding carboxylic acids is 1. The number of hydrogen-bond acceptors (Lipinski definition) is 4. The summed E-state index contributed by atoms with van der Waals surface area (Å²) in [4.78, 5) is 14.3. The summed E-state index contributed by atoms with van der Waals surface area (Å²) >= 11 is 0. The molecule has 0 aromatic carbocycles. The van der Waals surface area contributed by atoms with Crippen LogP contribution in [0.15, 0.2) is 0 Å². The minimum absolute atomic E-state index is 0.0867. The summed E-state index contributed by atoms with van der Waals surface area (Å²) in [5.74, 6) is 0.408. The molecule has 0 spiro atoms. The molecular formula is C13H21N3O2. The van der Waals surface area contributed by atoms with E-state index >= 15 is 0 Å². The van der Waals surface area contributed by atoms with E-state index in [1.54, 1.807) is 0 Å². The van der Waals surface area contributed by atoms with Crippen molar-refractivity contribution < 1.29 is 9.53 Å². The van der Waals surface area contributed by atoms with Crippen LogP contribution in [0, 0.1) is 22.7 Å². The Morgan fingerprint density at radius 1 is 1.50 bits per heavy atom. The fourth-order valence-corrected chi connectivity index (χ4v) is 2.78. The average molecular weight is 251 g/mol. The van der Waals surface area contributed by atoms with Gasteiger partial charge in [0.25, 0.3) is 0 Å². The third-order valence-corrected chi connectivity index (χ3v) is 3.86. The van der Waals surface area contributed by atoms with Crippen molar-refractivity contribution in [2.75, 3.05) is 39.4 Å². The predicted octanol–water partition coefficient (Wildman–Crippen LogP) is 0.375. The van der Waals surface area contributed by atoms with Crippen molar-refractivity contribution >= 4 is 5.91 Å². The zero-order valence-corrected chi connectivity index (χ0v) is 10.9. The Balaban J connectivity index is 1.70. The van der Waals surface area contributed by atoms with Gasteiger partial charge < -0.3 is 10.1 Å². The molecule has 0 aromatic heterocycles. The van der Waals surface area contributed by atoms with Crippen molar-refractivity contribution in [3.8, 4) is 6.07 Å². The minimum Gasteiger partial charge on any atom is -0.379 e. The molecule has 0 atom stereocenters. The summed E-state index contributed by atoms with van der Waals surface area (Å²) in [5, 5.41) is 12.0. The SMILES string of the molecule is CC1CC(C#N)(C(=O)NCCN2CCOCC2)C1. The largest absolute Gasteiger partial charge is 0.379 e. The molecule has 0 unspecified atom stereocenters. The Morgan fingerprint density at radius 3 is 2.72 bits per heavy atom. The Hall–Kier alpha value is -1.12. The molecular weight excluding hydrogens is 230 g/mol. The van der Waals surface area contributed by atoms with Crippen LogP contribution in [0.5, 0.6) is 0 Å². The first-order valence-electron chi connectivity index (χ1n) is 6.66. The molecule has 1 saturated heterocycles. The van der Waals surface area contributed by atoms with Gasteiger partial charge in [-0.1, -0.05) is 6.92 Å². The van der Waals surface area contributed by atoms with Gasteiger partial charge in [-0.3, -0.25) is 9.69 Å². The lowest BCUT2D eigenvalue weighted by Crippen LogP contribution is -2.50. The van der Waals surface area contributed by atoms with Gasteiger partial charge in [0.1, 0.15) is 5.41 Å². The molecule has 1 amide bonds. The van der Waals surface area contributed by atoms with E-state index < -0.39 is 5.41 Å². The number of rotatable bonds is 4. The van der Waals surface area contributed by atoms with Crippen molar-refractivity contribution in [1.29, 1.82) is 5.26 Å². The molecule has 1 saturated carbocycles. The standard InChI is InChI=1S/C13H21N3O2/c1-11-8-13(9-11,10-14)12(17)15-2-3-16-4-6-18-7-5-16/h11H,2-9H2,1H3,(H,15,17). The highest BCUT2D eigenvalue weighted by Crippen LogP contribution is 2.44. The number of nitrogens with zero attached hydrogens (tertiary/aromatic N) is 2. The molecule has 0 aromatic rings. The van der Waals surface area contributed by atoms with Crippen LogP contribution in [-0.2, 0) is 9.53 Å². The van der Waals surface area contributed by atoms with Gasteiger partial charge in [-0.25, -0.2) is 0 Å². The number of ether oxygens (including phenoxy) is 1. The van der Waals surface area contributed by atoms with Crippen LogP contribution in [0.1, 0.15) is 19.8 Å². The fraction of sp³-hybridized carbons (Fsp3) is 0.846. The van der Waals surface area contributed by atoms with E-state index in [4.69, 9.17) is 10.00 Å². The maximum atomic E-state index is 12.0. The molecule has 18 heavy (non-hydrogen) atoms. The number of carbonyl (C=O) groups is 1. The van der Waals surface area contributed by atoms with E-state index in [9.17, 15) is 4.79 Å². The number of nitriles is 1. The van der Waals surface area contributed by atoms with E-state index in [2.05, 4.69) is 23.2 Å². The van der Waals surface area contributed by atoms with Gasteiger partial charge in [-0.15, -0.1) is 0 Å². The zero-order valence-electron chi connectivity index (χ0n) is 10.9. The van der Waals surface area contributed by atoms with Gasteiger partial charge in [0.05, 0.1) is 19.3 Å².